The first-order valence-electron chi connectivity index (χ1n) is 5.30. The van der Waals surface area contributed by atoms with Crippen LogP contribution in [-0.4, -0.2) is 10.9 Å². The summed E-state index contributed by atoms with van der Waals surface area (Å²) in [6, 6.07) is 10.9. The van der Waals surface area contributed by atoms with Crippen LogP contribution in [0.3, 0.4) is 0 Å². The van der Waals surface area contributed by atoms with Gasteiger partial charge < -0.3 is 10.3 Å². The highest BCUT2D eigenvalue weighted by molar-refractivity contribution is 6.29. The van der Waals surface area contributed by atoms with E-state index >= 15 is 0 Å². The second-order valence-electron chi connectivity index (χ2n) is 3.69. The molecule has 0 radical (unpaired) electrons. The van der Waals surface area contributed by atoms with Crippen LogP contribution in [0.5, 0.6) is 0 Å². The number of carbonyl (C=O) groups excluding carboxylic acids is 1. The average molecular weight is 274 g/mol. The highest BCUT2D eigenvalue weighted by Crippen LogP contribution is 2.08. The summed E-state index contributed by atoms with van der Waals surface area (Å²) in [6.07, 6.45) is 0. The van der Waals surface area contributed by atoms with Crippen molar-refractivity contribution < 1.29 is 4.79 Å². The van der Waals surface area contributed by atoms with Gasteiger partial charge in [-0.3, -0.25) is 9.59 Å². The lowest BCUT2D eigenvalue weighted by Gasteiger charge is -2.04. The van der Waals surface area contributed by atoms with E-state index in [0.29, 0.717) is 11.1 Å². The van der Waals surface area contributed by atoms with Gasteiger partial charge in [-0.15, -0.1) is 0 Å². The molecule has 1 heterocycles. The van der Waals surface area contributed by atoms with Crippen LogP contribution in [0.15, 0.2) is 41.2 Å². The van der Waals surface area contributed by atoms with E-state index in [1.54, 1.807) is 0 Å². The molecule has 1 aromatic heterocycles. The number of nitrogens with one attached hydrogen (secondary N) is 2. The fourth-order valence-corrected chi connectivity index (χ4v) is 1.59. The lowest BCUT2D eigenvalue weighted by atomic mass is 10.1. The molecule has 5 nitrogen and oxygen atoms in total. The van der Waals surface area contributed by atoms with Gasteiger partial charge >= 0.3 is 0 Å². The molecular weight excluding hydrogens is 266 g/mol. The summed E-state index contributed by atoms with van der Waals surface area (Å²) in [5.74, 6) is -0.433. The molecule has 0 unspecified atom stereocenters. The number of hydrogen-bond acceptors (Lipinski definition) is 3. The minimum absolute atomic E-state index is 0.110. The summed E-state index contributed by atoms with van der Waals surface area (Å²) in [6.45, 7) is 0. The van der Waals surface area contributed by atoms with Crippen molar-refractivity contribution in [3.05, 3.63) is 63.0 Å². The van der Waals surface area contributed by atoms with Gasteiger partial charge in [0.1, 0.15) is 10.8 Å². The molecule has 0 aliphatic carbocycles. The zero-order valence-electron chi connectivity index (χ0n) is 9.61. The summed E-state index contributed by atoms with van der Waals surface area (Å²) in [5.41, 5.74) is 0.447. The summed E-state index contributed by atoms with van der Waals surface area (Å²) >= 11 is 5.61. The van der Waals surface area contributed by atoms with Gasteiger partial charge in [-0.25, -0.2) is 0 Å². The molecule has 2 N–H and O–H groups in total. The van der Waals surface area contributed by atoms with E-state index in [1.807, 2.05) is 6.07 Å². The van der Waals surface area contributed by atoms with E-state index in [2.05, 4.69) is 10.3 Å². The number of anilines is 1. The highest BCUT2D eigenvalue weighted by atomic mass is 35.5. The third kappa shape index (κ3) is 3.00. The fraction of sp³-hybridized carbons (Fsp3) is 0. The standard InChI is InChI=1S/C13H8ClN3O2/c14-11-6-5-10(13(19)17-11)16-12(18)9-3-1-8(7-15)2-4-9/h1-6H,(H,16,18)(H,17,19). The average Bonchev–Trinajstić information content (AvgIpc) is 2.42. The normalized spacial score (nSPS) is 9.68. The molecule has 1 amide bonds. The number of aromatic nitrogens is 1. The number of nitriles is 1. The largest absolute Gasteiger partial charge is 0.317 e. The lowest BCUT2D eigenvalue weighted by Crippen LogP contribution is -2.19. The summed E-state index contributed by atoms with van der Waals surface area (Å²) in [7, 11) is 0. The number of carbonyl (C=O) groups is 1. The van der Waals surface area contributed by atoms with Gasteiger partial charge in [0.2, 0.25) is 0 Å². The van der Waals surface area contributed by atoms with Crippen LogP contribution in [0.4, 0.5) is 5.69 Å². The minimum Gasteiger partial charge on any atom is -0.317 e. The van der Waals surface area contributed by atoms with Crippen molar-refractivity contribution in [3.8, 4) is 6.07 Å². The third-order valence-electron chi connectivity index (χ3n) is 2.40. The Balaban J connectivity index is 2.21. The number of halogens is 1. The number of benzene rings is 1. The maximum Gasteiger partial charge on any atom is 0.272 e. The van der Waals surface area contributed by atoms with Crippen molar-refractivity contribution in [3.63, 3.8) is 0 Å². The summed E-state index contributed by atoms with van der Waals surface area (Å²) in [5, 5.41) is 11.3. The van der Waals surface area contributed by atoms with Crippen molar-refractivity contribution >= 4 is 23.2 Å². The molecule has 0 fully saturated rings. The van der Waals surface area contributed by atoms with Crippen LogP contribution in [-0.2, 0) is 0 Å². The first-order valence-corrected chi connectivity index (χ1v) is 5.68. The van der Waals surface area contributed by atoms with Crippen molar-refractivity contribution in [1.82, 2.24) is 4.98 Å². The molecule has 0 spiro atoms. The Morgan fingerprint density at radius 3 is 2.47 bits per heavy atom. The Morgan fingerprint density at radius 2 is 1.89 bits per heavy atom. The van der Waals surface area contributed by atoms with Crippen LogP contribution >= 0.6 is 11.6 Å². The molecule has 0 saturated carbocycles. The number of amides is 1. The van der Waals surface area contributed by atoms with E-state index in [0.717, 1.165) is 0 Å². The van der Waals surface area contributed by atoms with Gasteiger partial charge in [0.05, 0.1) is 11.6 Å². The predicted octanol–water partition coefficient (Wildman–Crippen LogP) is 2.15. The number of H-pyrrole nitrogens is 1. The molecule has 2 rings (SSSR count). The van der Waals surface area contributed by atoms with Crippen LogP contribution < -0.4 is 10.9 Å². The van der Waals surface area contributed by atoms with E-state index in [-0.39, 0.29) is 10.8 Å². The summed E-state index contributed by atoms with van der Waals surface area (Å²) < 4.78 is 0. The number of nitrogens with zero attached hydrogens (tertiary/aromatic N) is 1. The monoisotopic (exact) mass is 273 g/mol. The van der Waals surface area contributed by atoms with Crippen LogP contribution in [0.25, 0.3) is 0 Å². The molecule has 2 aromatic rings. The molecule has 1 aromatic carbocycles. The Labute approximate surface area is 113 Å². The van der Waals surface area contributed by atoms with E-state index < -0.39 is 11.5 Å². The summed E-state index contributed by atoms with van der Waals surface area (Å²) in [4.78, 5) is 25.7. The SMILES string of the molecule is N#Cc1ccc(C(=O)Nc2ccc(Cl)[nH]c2=O)cc1. The Hall–Kier alpha value is -2.58. The molecular formula is C13H8ClN3O2. The number of pyridine rings is 1. The number of aromatic amines is 1. The molecule has 0 aliphatic rings. The maximum absolute atomic E-state index is 11.9. The van der Waals surface area contributed by atoms with Crippen molar-refractivity contribution in [2.24, 2.45) is 0 Å². The van der Waals surface area contributed by atoms with Gasteiger partial charge in [-0.2, -0.15) is 5.26 Å². The molecule has 0 atom stereocenters. The zero-order valence-corrected chi connectivity index (χ0v) is 10.4. The zero-order chi connectivity index (χ0) is 13.8. The number of rotatable bonds is 2. The Morgan fingerprint density at radius 1 is 1.21 bits per heavy atom. The molecule has 0 saturated heterocycles. The molecule has 19 heavy (non-hydrogen) atoms. The quantitative estimate of drug-likeness (QED) is 0.822. The van der Waals surface area contributed by atoms with Crippen LogP contribution in [0.1, 0.15) is 15.9 Å². The molecule has 0 bridgehead atoms. The minimum atomic E-state index is -0.477. The van der Waals surface area contributed by atoms with E-state index in [4.69, 9.17) is 16.9 Å². The second kappa shape index (κ2) is 5.38. The van der Waals surface area contributed by atoms with Crippen molar-refractivity contribution in [2.75, 3.05) is 5.32 Å². The third-order valence-corrected chi connectivity index (χ3v) is 2.62. The lowest BCUT2D eigenvalue weighted by molar-refractivity contribution is 0.102. The van der Waals surface area contributed by atoms with Crippen molar-refractivity contribution in [2.45, 2.75) is 0 Å². The van der Waals surface area contributed by atoms with Crippen LogP contribution in [0, 0.1) is 11.3 Å². The van der Waals surface area contributed by atoms with Gasteiger partial charge in [-0.05, 0) is 36.4 Å². The fourth-order valence-electron chi connectivity index (χ4n) is 1.44. The smallest absolute Gasteiger partial charge is 0.272 e. The predicted molar refractivity (Wildman–Crippen MR) is 71.2 cm³/mol. The van der Waals surface area contributed by atoms with Gasteiger partial charge in [0.15, 0.2) is 0 Å². The van der Waals surface area contributed by atoms with Crippen molar-refractivity contribution in [1.29, 1.82) is 5.26 Å². The van der Waals surface area contributed by atoms with Gasteiger partial charge in [0, 0.05) is 5.56 Å². The Kier molecular flexibility index (Phi) is 3.64. The number of hydrogen-bond donors (Lipinski definition) is 2. The highest BCUT2D eigenvalue weighted by Gasteiger charge is 2.08. The Bertz CT molecular complexity index is 714. The maximum atomic E-state index is 11.9. The first-order chi connectivity index (χ1) is 9.10. The molecule has 94 valence electrons. The second-order valence-corrected chi connectivity index (χ2v) is 4.10. The van der Waals surface area contributed by atoms with Gasteiger partial charge in [-0.1, -0.05) is 11.6 Å². The topological polar surface area (TPSA) is 85.8 Å². The van der Waals surface area contributed by atoms with E-state index in [1.165, 1.54) is 36.4 Å². The molecule has 0 aliphatic heterocycles. The van der Waals surface area contributed by atoms with Crippen LogP contribution in [0.2, 0.25) is 5.15 Å². The van der Waals surface area contributed by atoms with Gasteiger partial charge in [0.25, 0.3) is 11.5 Å². The molecule has 6 heteroatoms. The van der Waals surface area contributed by atoms with E-state index in [9.17, 15) is 9.59 Å². The first kappa shape index (κ1) is 12.9.